The quantitative estimate of drug-likeness (QED) is 0.840. The van der Waals surface area contributed by atoms with Crippen molar-refractivity contribution in [2.75, 3.05) is 12.3 Å². The summed E-state index contributed by atoms with van der Waals surface area (Å²) in [6, 6.07) is 4.95. The molecule has 0 aliphatic carbocycles. The van der Waals surface area contributed by atoms with Gasteiger partial charge in [0.05, 0.1) is 17.4 Å². The maximum Gasteiger partial charge on any atom is 0.304 e. The minimum absolute atomic E-state index is 0.234. The smallest absolute Gasteiger partial charge is 0.304 e. The van der Waals surface area contributed by atoms with Crippen molar-refractivity contribution < 1.29 is 19.5 Å². The Morgan fingerprint density at radius 3 is 2.90 bits per heavy atom. The average molecular weight is 304 g/mol. The van der Waals surface area contributed by atoms with Crippen molar-refractivity contribution in [3.8, 4) is 0 Å². The van der Waals surface area contributed by atoms with Gasteiger partial charge in [0.2, 0.25) is 11.7 Å². The number of carboxylic acid groups (broad SMARTS) is 1. The first kappa shape index (κ1) is 13.8. The second-order valence-corrected chi connectivity index (χ2v) is 5.84. The van der Waals surface area contributed by atoms with Crippen LogP contribution < -0.4 is 0 Å². The van der Waals surface area contributed by atoms with Gasteiger partial charge in [-0.2, -0.15) is 0 Å². The van der Waals surface area contributed by atoms with Gasteiger partial charge in [0.15, 0.2) is 0 Å². The van der Waals surface area contributed by atoms with Crippen LogP contribution in [0.15, 0.2) is 35.0 Å². The van der Waals surface area contributed by atoms with E-state index in [0.29, 0.717) is 11.6 Å². The van der Waals surface area contributed by atoms with Gasteiger partial charge in [-0.15, -0.1) is 11.8 Å². The second kappa shape index (κ2) is 5.33. The molecule has 1 atom stereocenters. The van der Waals surface area contributed by atoms with E-state index >= 15 is 0 Å². The number of fused-ring (bicyclic) bond motifs is 1. The third-order valence-electron chi connectivity index (χ3n) is 3.46. The Morgan fingerprint density at radius 2 is 2.24 bits per heavy atom. The largest absolute Gasteiger partial charge is 0.481 e. The molecule has 0 bridgehead atoms. The van der Waals surface area contributed by atoms with Crippen LogP contribution in [0, 0.1) is 5.92 Å². The van der Waals surface area contributed by atoms with Gasteiger partial charge < -0.3 is 10.0 Å². The summed E-state index contributed by atoms with van der Waals surface area (Å²) in [6.07, 6.45) is 1.13. The summed E-state index contributed by atoms with van der Waals surface area (Å²) in [4.78, 5) is 41.5. The van der Waals surface area contributed by atoms with Gasteiger partial charge in [0, 0.05) is 24.1 Å². The molecule has 1 saturated heterocycles. The summed E-state index contributed by atoms with van der Waals surface area (Å²) in [5, 5.41) is 9.60. The van der Waals surface area contributed by atoms with Crippen LogP contribution in [-0.4, -0.2) is 44.9 Å². The van der Waals surface area contributed by atoms with E-state index in [0.717, 1.165) is 5.75 Å². The number of Topliss-reactive ketones (excluding diaryl/α,β-unsaturated/α-hetero) is 1. The van der Waals surface area contributed by atoms with Gasteiger partial charge in [0.25, 0.3) is 0 Å². The Bertz CT molecular complexity index is 656. The van der Waals surface area contributed by atoms with Crippen molar-refractivity contribution in [3.05, 3.63) is 40.7 Å². The van der Waals surface area contributed by atoms with Crippen molar-refractivity contribution in [3.63, 3.8) is 0 Å². The predicted molar refractivity (Wildman–Crippen MR) is 75.5 cm³/mol. The number of hydrogen-bond acceptors (Lipinski definition) is 5. The standard InChI is InChI=1S/C14H12N2O4S/c17-10(18)7-8-11(12(19)9-3-1-2-4-15-9)14-16(13(8)20)5-6-21-14/h1-4,8H,5-7H2,(H,17,18)/t8-/m1/s1. The predicted octanol–water partition coefficient (Wildman–Crippen LogP) is 1.16. The first-order chi connectivity index (χ1) is 10.1. The molecule has 0 unspecified atom stereocenters. The molecule has 21 heavy (non-hydrogen) atoms. The van der Waals surface area contributed by atoms with Crippen LogP contribution in [-0.2, 0) is 9.59 Å². The minimum Gasteiger partial charge on any atom is -0.481 e. The number of rotatable bonds is 4. The molecular formula is C14H12N2O4S. The molecule has 0 radical (unpaired) electrons. The molecule has 1 aromatic heterocycles. The van der Waals surface area contributed by atoms with Crippen LogP contribution in [0.25, 0.3) is 0 Å². The fraction of sp³-hybridized carbons (Fsp3) is 0.286. The highest BCUT2D eigenvalue weighted by Gasteiger charge is 2.46. The monoisotopic (exact) mass is 304 g/mol. The van der Waals surface area contributed by atoms with Gasteiger partial charge >= 0.3 is 5.97 Å². The Balaban J connectivity index is 2.03. The van der Waals surface area contributed by atoms with E-state index in [9.17, 15) is 14.4 Å². The molecule has 1 fully saturated rings. The summed E-state index contributed by atoms with van der Waals surface area (Å²) in [7, 11) is 0. The van der Waals surface area contributed by atoms with Crippen LogP contribution in [0.5, 0.6) is 0 Å². The van der Waals surface area contributed by atoms with E-state index in [-0.39, 0.29) is 29.4 Å². The number of aromatic nitrogens is 1. The Labute approximate surface area is 124 Å². The number of aliphatic carboxylic acids is 1. The topological polar surface area (TPSA) is 87.6 Å². The zero-order chi connectivity index (χ0) is 15.0. The van der Waals surface area contributed by atoms with Crippen LogP contribution in [0.1, 0.15) is 16.9 Å². The lowest BCUT2D eigenvalue weighted by Gasteiger charge is -2.12. The summed E-state index contributed by atoms with van der Waals surface area (Å²) < 4.78 is 0. The van der Waals surface area contributed by atoms with E-state index in [1.807, 2.05) is 0 Å². The lowest BCUT2D eigenvalue weighted by Crippen LogP contribution is -2.29. The molecule has 0 saturated carbocycles. The SMILES string of the molecule is O=C(O)C[C@H]1C(=O)N2CCSC2=C1C(=O)c1ccccn1. The molecule has 1 amide bonds. The van der Waals surface area contributed by atoms with E-state index in [4.69, 9.17) is 5.11 Å². The molecule has 3 heterocycles. The van der Waals surface area contributed by atoms with E-state index in [1.165, 1.54) is 22.9 Å². The van der Waals surface area contributed by atoms with Gasteiger partial charge in [-0.1, -0.05) is 6.07 Å². The molecule has 7 heteroatoms. The van der Waals surface area contributed by atoms with Gasteiger partial charge in [-0.3, -0.25) is 19.4 Å². The number of amides is 1. The summed E-state index contributed by atoms with van der Waals surface area (Å²) in [6.45, 7) is 0.522. The fourth-order valence-corrected chi connectivity index (χ4v) is 3.76. The van der Waals surface area contributed by atoms with Gasteiger partial charge in [0.1, 0.15) is 5.69 Å². The minimum atomic E-state index is -1.09. The lowest BCUT2D eigenvalue weighted by molar-refractivity contribution is -0.141. The molecular weight excluding hydrogens is 292 g/mol. The van der Waals surface area contributed by atoms with Crippen molar-refractivity contribution in [2.24, 2.45) is 5.92 Å². The summed E-state index contributed by atoms with van der Waals surface area (Å²) in [5.74, 6) is -1.93. The lowest BCUT2D eigenvalue weighted by atomic mass is 9.93. The molecule has 2 aliphatic rings. The molecule has 108 valence electrons. The van der Waals surface area contributed by atoms with Crippen LogP contribution in [0.4, 0.5) is 0 Å². The third-order valence-corrected chi connectivity index (χ3v) is 4.56. The molecule has 1 N–H and O–H groups in total. The summed E-state index contributed by atoms with van der Waals surface area (Å²) in [5.41, 5.74) is 0.515. The normalized spacial score (nSPS) is 20.9. The zero-order valence-electron chi connectivity index (χ0n) is 11.0. The number of thioether (sulfide) groups is 1. The maximum atomic E-state index is 12.6. The number of nitrogens with zero attached hydrogens (tertiary/aromatic N) is 2. The highest BCUT2D eigenvalue weighted by atomic mass is 32.2. The Morgan fingerprint density at radius 1 is 1.43 bits per heavy atom. The number of carboxylic acids is 1. The third kappa shape index (κ3) is 2.33. The first-order valence-electron chi connectivity index (χ1n) is 6.45. The van der Waals surface area contributed by atoms with Gasteiger partial charge in [-0.25, -0.2) is 0 Å². The molecule has 3 rings (SSSR count). The molecule has 2 aliphatic heterocycles. The van der Waals surface area contributed by atoms with Crippen molar-refractivity contribution in [2.45, 2.75) is 6.42 Å². The highest BCUT2D eigenvalue weighted by molar-refractivity contribution is 8.03. The van der Waals surface area contributed by atoms with Gasteiger partial charge in [-0.05, 0) is 12.1 Å². The number of carbonyl (C=O) groups is 3. The van der Waals surface area contributed by atoms with Crippen LogP contribution in [0.2, 0.25) is 0 Å². The van der Waals surface area contributed by atoms with Crippen molar-refractivity contribution >= 4 is 29.4 Å². The Hall–Kier alpha value is -2.15. The molecule has 1 aromatic rings. The number of hydrogen-bond donors (Lipinski definition) is 1. The average Bonchev–Trinajstić information content (AvgIpc) is 3.03. The van der Waals surface area contributed by atoms with E-state index in [2.05, 4.69) is 4.98 Å². The highest BCUT2D eigenvalue weighted by Crippen LogP contribution is 2.43. The maximum absolute atomic E-state index is 12.6. The molecule has 0 spiro atoms. The second-order valence-electron chi connectivity index (χ2n) is 4.75. The van der Waals surface area contributed by atoms with E-state index < -0.39 is 11.9 Å². The Kier molecular flexibility index (Phi) is 3.50. The van der Waals surface area contributed by atoms with Crippen molar-refractivity contribution in [1.29, 1.82) is 0 Å². The number of carbonyl (C=O) groups excluding carboxylic acids is 2. The summed E-state index contributed by atoms with van der Waals surface area (Å²) >= 11 is 1.42. The fourth-order valence-electron chi connectivity index (χ4n) is 2.56. The molecule has 6 nitrogen and oxygen atoms in total. The van der Waals surface area contributed by atoms with Crippen molar-refractivity contribution in [1.82, 2.24) is 9.88 Å². The first-order valence-corrected chi connectivity index (χ1v) is 7.44. The zero-order valence-corrected chi connectivity index (χ0v) is 11.8. The van der Waals surface area contributed by atoms with E-state index in [1.54, 1.807) is 18.2 Å². The molecule has 0 aromatic carbocycles. The number of ketones is 1. The van der Waals surface area contributed by atoms with Crippen LogP contribution in [0.3, 0.4) is 0 Å². The van der Waals surface area contributed by atoms with Crippen LogP contribution >= 0.6 is 11.8 Å². The number of pyridine rings is 1.